The number of carbonyl (C=O) groups is 1. The van der Waals surface area contributed by atoms with Crippen molar-refractivity contribution in [1.29, 1.82) is 0 Å². The highest BCUT2D eigenvalue weighted by molar-refractivity contribution is 5.99. The molecule has 0 spiro atoms. The zero-order valence-corrected chi connectivity index (χ0v) is 10.1. The largest absolute Gasteiger partial charge is 0.485 e. The number of pyridine rings is 1. The van der Waals surface area contributed by atoms with Crippen LogP contribution >= 0.6 is 0 Å². The molecular weight excluding hydrogens is 250 g/mol. The molecular formula is C12H11N3O4. The van der Waals surface area contributed by atoms with Crippen LogP contribution < -0.4 is 10.5 Å². The quantitative estimate of drug-likeness (QED) is 0.662. The van der Waals surface area contributed by atoms with Crippen LogP contribution in [0.5, 0.6) is 5.75 Å². The number of carbonyl (C=O) groups excluding carboxylic acids is 1. The van der Waals surface area contributed by atoms with Crippen molar-refractivity contribution in [3.8, 4) is 5.75 Å². The van der Waals surface area contributed by atoms with Crippen molar-refractivity contribution >= 4 is 28.1 Å². The Morgan fingerprint density at radius 1 is 1.53 bits per heavy atom. The van der Waals surface area contributed by atoms with Gasteiger partial charge in [-0.05, 0) is 19.1 Å². The molecule has 0 aliphatic rings. The molecule has 0 unspecified atom stereocenters. The van der Waals surface area contributed by atoms with Crippen molar-refractivity contribution < 1.29 is 14.5 Å². The number of nitrogens with two attached hydrogens (primary N) is 1. The summed E-state index contributed by atoms with van der Waals surface area (Å²) in [6.45, 7) is 1.26. The molecule has 0 bridgehead atoms. The summed E-state index contributed by atoms with van der Waals surface area (Å²) in [6.07, 6.45) is 1.10. The Balaban J connectivity index is 2.61. The van der Waals surface area contributed by atoms with E-state index in [2.05, 4.69) is 4.98 Å². The minimum absolute atomic E-state index is 0.0193. The van der Waals surface area contributed by atoms with Crippen LogP contribution in [0, 0.1) is 10.1 Å². The maximum atomic E-state index is 10.9. The van der Waals surface area contributed by atoms with Gasteiger partial charge < -0.3 is 10.5 Å². The Bertz CT molecular complexity index is 669. The zero-order chi connectivity index (χ0) is 14.0. The molecule has 98 valence electrons. The molecule has 2 rings (SSSR count). The summed E-state index contributed by atoms with van der Waals surface area (Å²) in [7, 11) is 0. The van der Waals surface area contributed by atoms with Crippen LogP contribution in [0.2, 0.25) is 0 Å². The Morgan fingerprint density at radius 3 is 2.89 bits per heavy atom. The van der Waals surface area contributed by atoms with Crippen LogP contribution in [0.4, 0.5) is 11.4 Å². The number of fused-ring (bicyclic) bond motifs is 1. The molecule has 0 saturated carbocycles. The lowest BCUT2D eigenvalue weighted by Crippen LogP contribution is -2.07. The number of nitrogens with zero attached hydrogens (tertiary/aromatic N) is 2. The van der Waals surface area contributed by atoms with Crippen LogP contribution in [0.15, 0.2) is 24.4 Å². The predicted molar refractivity (Wildman–Crippen MR) is 69.0 cm³/mol. The number of aromatic nitrogens is 1. The average molecular weight is 261 g/mol. The first-order valence-corrected chi connectivity index (χ1v) is 5.44. The standard InChI is InChI=1S/C12H11N3O4/c1-7(16)6-19-10-4-2-3-8-11(10)12(13)9(5-14-8)15(17)18/h2-5H,6H2,1H3,(H2,13,14). The molecule has 0 aliphatic heterocycles. The fourth-order valence-corrected chi connectivity index (χ4v) is 1.67. The van der Waals surface area contributed by atoms with E-state index in [0.29, 0.717) is 16.7 Å². The fourth-order valence-electron chi connectivity index (χ4n) is 1.67. The lowest BCUT2D eigenvalue weighted by Gasteiger charge is -2.09. The van der Waals surface area contributed by atoms with E-state index in [-0.39, 0.29) is 23.8 Å². The fraction of sp³-hybridized carbons (Fsp3) is 0.167. The Kier molecular flexibility index (Phi) is 3.28. The van der Waals surface area contributed by atoms with Crippen LogP contribution in [-0.2, 0) is 4.79 Å². The van der Waals surface area contributed by atoms with Gasteiger partial charge in [0.15, 0.2) is 5.78 Å². The van der Waals surface area contributed by atoms with Crippen molar-refractivity contribution in [2.45, 2.75) is 6.92 Å². The van der Waals surface area contributed by atoms with Gasteiger partial charge in [0.05, 0.1) is 15.8 Å². The normalized spacial score (nSPS) is 10.4. The molecule has 19 heavy (non-hydrogen) atoms. The molecule has 0 atom stereocenters. The second-order valence-electron chi connectivity index (χ2n) is 3.96. The van der Waals surface area contributed by atoms with Crippen LogP contribution in [-0.4, -0.2) is 22.3 Å². The number of nitrogen functional groups attached to an aromatic ring is 1. The molecule has 0 fully saturated rings. The molecule has 0 saturated heterocycles. The van der Waals surface area contributed by atoms with Gasteiger partial charge in [-0.1, -0.05) is 6.07 Å². The van der Waals surface area contributed by atoms with Gasteiger partial charge in [-0.2, -0.15) is 0 Å². The van der Waals surface area contributed by atoms with Gasteiger partial charge >= 0.3 is 5.69 Å². The third-order valence-corrected chi connectivity index (χ3v) is 2.50. The molecule has 1 aromatic heterocycles. The minimum Gasteiger partial charge on any atom is -0.485 e. The van der Waals surface area contributed by atoms with Gasteiger partial charge in [-0.25, -0.2) is 4.98 Å². The second-order valence-corrected chi connectivity index (χ2v) is 3.96. The number of Topliss-reactive ketones (excluding diaryl/α,β-unsaturated/α-hetero) is 1. The topological polar surface area (TPSA) is 108 Å². The highest BCUT2D eigenvalue weighted by Gasteiger charge is 2.18. The number of ether oxygens (including phenoxy) is 1. The summed E-state index contributed by atoms with van der Waals surface area (Å²) in [4.78, 5) is 25.1. The SMILES string of the molecule is CC(=O)COc1cccc2ncc([N+](=O)[O-])c(N)c12. The monoisotopic (exact) mass is 261 g/mol. The first-order chi connectivity index (χ1) is 9.00. The Labute approximate surface area is 108 Å². The van der Waals surface area contributed by atoms with Crippen LogP contribution in [0.1, 0.15) is 6.92 Å². The number of hydrogen-bond donors (Lipinski definition) is 1. The highest BCUT2D eigenvalue weighted by atomic mass is 16.6. The Morgan fingerprint density at radius 2 is 2.26 bits per heavy atom. The third-order valence-electron chi connectivity index (χ3n) is 2.50. The van der Waals surface area contributed by atoms with Crippen molar-refractivity contribution in [3.63, 3.8) is 0 Å². The molecule has 2 N–H and O–H groups in total. The summed E-state index contributed by atoms with van der Waals surface area (Å²) in [6, 6.07) is 4.93. The molecule has 0 amide bonds. The van der Waals surface area contributed by atoms with Crippen LogP contribution in [0.3, 0.4) is 0 Å². The summed E-state index contributed by atoms with van der Waals surface area (Å²) in [5.74, 6) is 0.148. The maximum Gasteiger partial charge on any atom is 0.311 e. The molecule has 2 aromatic rings. The van der Waals surface area contributed by atoms with Crippen molar-refractivity contribution in [2.24, 2.45) is 0 Å². The van der Waals surface area contributed by atoms with E-state index < -0.39 is 4.92 Å². The maximum absolute atomic E-state index is 10.9. The average Bonchev–Trinajstić information content (AvgIpc) is 2.36. The highest BCUT2D eigenvalue weighted by Crippen LogP contribution is 2.34. The van der Waals surface area contributed by atoms with E-state index in [0.717, 1.165) is 6.20 Å². The second kappa shape index (κ2) is 4.89. The Hall–Kier alpha value is -2.70. The van der Waals surface area contributed by atoms with Crippen molar-refractivity contribution in [2.75, 3.05) is 12.3 Å². The summed E-state index contributed by atoms with van der Waals surface area (Å²) < 4.78 is 5.30. The lowest BCUT2D eigenvalue weighted by molar-refractivity contribution is -0.384. The number of benzene rings is 1. The zero-order valence-electron chi connectivity index (χ0n) is 10.1. The van der Waals surface area contributed by atoms with Crippen LogP contribution in [0.25, 0.3) is 10.9 Å². The van der Waals surface area contributed by atoms with Gasteiger partial charge in [-0.15, -0.1) is 0 Å². The summed E-state index contributed by atoms with van der Waals surface area (Å²) in [5, 5.41) is 11.2. The van der Waals surface area contributed by atoms with Crippen molar-refractivity contribution in [3.05, 3.63) is 34.5 Å². The molecule has 0 aliphatic carbocycles. The number of rotatable bonds is 4. The molecule has 1 heterocycles. The molecule has 7 nitrogen and oxygen atoms in total. The first-order valence-electron chi connectivity index (χ1n) is 5.44. The first kappa shape index (κ1) is 12.7. The smallest absolute Gasteiger partial charge is 0.311 e. The van der Waals surface area contributed by atoms with E-state index in [9.17, 15) is 14.9 Å². The van der Waals surface area contributed by atoms with Gasteiger partial charge in [0.25, 0.3) is 0 Å². The van der Waals surface area contributed by atoms with Gasteiger partial charge in [-0.3, -0.25) is 14.9 Å². The van der Waals surface area contributed by atoms with Crippen molar-refractivity contribution in [1.82, 2.24) is 4.98 Å². The molecule has 1 aromatic carbocycles. The minimum atomic E-state index is -0.608. The van der Waals surface area contributed by atoms with Gasteiger partial charge in [0.2, 0.25) is 0 Å². The molecule has 0 radical (unpaired) electrons. The number of nitro groups is 1. The van der Waals surface area contributed by atoms with E-state index in [1.165, 1.54) is 6.92 Å². The summed E-state index contributed by atoms with van der Waals surface area (Å²) >= 11 is 0. The van der Waals surface area contributed by atoms with E-state index in [4.69, 9.17) is 10.5 Å². The molecule has 7 heteroatoms. The van der Waals surface area contributed by atoms with Gasteiger partial charge in [0, 0.05) is 0 Å². The number of ketones is 1. The van der Waals surface area contributed by atoms with E-state index in [1.807, 2.05) is 0 Å². The summed E-state index contributed by atoms with van der Waals surface area (Å²) in [5.41, 5.74) is 5.95. The lowest BCUT2D eigenvalue weighted by atomic mass is 10.1. The predicted octanol–water partition coefficient (Wildman–Crippen LogP) is 1.69. The van der Waals surface area contributed by atoms with Gasteiger partial charge in [0.1, 0.15) is 24.2 Å². The number of hydrogen-bond acceptors (Lipinski definition) is 6. The van der Waals surface area contributed by atoms with E-state index in [1.54, 1.807) is 18.2 Å². The third kappa shape index (κ3) is 2.44. The van der Waals surface area contributed by atoms with E-state index >= 15 is 0 Å². The number of anilines is 1.